The number of rotatable bonds is 16. The molecule has 0 saturated heterocycles. The molecule has 2 N–H and O–H groups in total. The maximum absolute atomic E-state index is 12.6. The highest BCUT2D eigenvalue weighted by molar-refractivity contribution is 5.79. The summed E-state index contributed by atoms with van der Waals surface area (Å²) >= 11 is 0. The monoisotopic (exact) mass is 478 g/mol. The highest BCUT2D eigenvalue weighted by atomic mass is 16.5. The number of ether oxygens (including phenoxy) is 1. The van der Waals surface area contributed by atoms with Crippen LogP contribution in [-0.4, -0.2) is 74.4 Å². The molecule has 0 aromatic heterocycles. The van der Waals surface area contributed by atoms with Crippen LogP contribution in [0.2, 0.25) is 0 Å². The van der Waals surface area contributed by atoms with Crippen LogP contribution in [0, 0.1) is 5.92 Å². The molecule has 34 heavy (non-hydrogen) atoms. The second-order valence-electron chi connectivity index (χ2n) is 9.31. The van der Waals surface area contributed by atoms with E-state index in [0.717, 1.165) is 5.57 Å². The molecule has 0 aliphatic carbocycles. The van der Waals surface area contributed by atoms with Gasteiger partial charge in [-0.2, -0.15) is 0 Å². The van der Waals surface area contributed by atoms with Gasteiger partial charge in [0.15, 0.2) is 0 Å². The van der Waals surface area contributed by atoms with Gasteiger partial charge >= 0.3 is 0 Å². The van der Waals surface area contributed by atoms with E-state index >= 15 is 0 Å². The van der Waals surface area contributed by atoms with Crippen LogP contribution in [0.3, 0.4) is 0 Å². The van der Waals surface area contributed by atoms with Crippen molar-refractivity contribution in [2.24, 2.45) is 5.92 Å². The molecule has 194 valence electrons. The Morgan fingerprint density at radius 3 is 2.06 bits per heavy atom. The Labute approximate surface area is 206 Å². The molecule has 0 radical (unpaired) electrons. The molecule has 0 rings (SSSR count). The van der Waals surface area contributed by atoms with Crippen LogP contribution in [0.5, 0.6) is 0 Å². The molecule has 0 bridgehead atoms. The first kappa shape index (κ1) is 31.4. The molecular weight excluding hydrogens is 432 g/mol. The van der Waals surface area contributed by atoms with Gasteiger partial charge in [-0.05, 0) is 31.4 Å². The molecule has 0 aliphatic rings. The lowest BCUT2D eigenvalue weighted by Crippen LogP contribution is -2.37. The highest BCUT2D eigenvalue weighted by Gasteiger charge is 2.14. The van der Waals surface area contributed by atoms with Gasteiger partial charge < -0.3 is 25.2 Å². The topological polar surface area (TPSA) is 91.0 Å². The fourth-order valence-electron chi connectivity index (χ4n) is 3.03. The summed E-state index contributed by atoms with van der Waals surface area (Å²) in [5, 5.41) is 6.10. The van der Waals surface area contributed by atoms with Gasteiger partial charge in [-0.3, -0.25) is 14.4 Å². The summed E-state index contributed by atoms with van der Waals surface area (Å²) in [5.41, 5.74) is 1.45. The van der Waals surface area contributed by atoms with Crippen molar-refractivity contribution < 1.29 is 19.1 Å². The van der Waals surface area contributed by atoms with Crippen molar-refractivity contribution in [1.82, 2.24) is 20.4 Å². The van der Waals surface area contributed by atoms with Crippen molar-refractivity contribution in [3.05, 3.63) is 35.8 Å². The Kier molecular flexibility index (Phi) is 15.6. The number of carbonyl (C=O) groups is 3. The van der Waals surface area contributed by atoms with Crippen molar-refractivity contribution in [3.8, 4) is 0 Å². The Balaban J connectivity index is 4.90. The van der Waals surface area contributed by atoms with Gasteiger partial charge in [0.05, 0.1) is 12.8 Å². The van der Waals surface area contributed by atoms with E-state index in [-0.39, 0.29) is 17.7 Å². The van der Waals surface area contributed by atoms with Crippen molar-refractivity contribution in [3.63, 3.8) is 0 Å². The predicted molar refractivity (Wildman–Crippen MR) is 138 cm³/mol. The number of allylic oxidation sites excluding steroid dienone is 3. The molecule has 0 heterocycles. The number of likely N-dealkylation sites (N-methyl/N-ethyl adjacent to an activating group) is 2. The lowest BCUT2D eigenvalue weighted by molar-refractivity contribution is -0.134. The number of nitrogens with zero attached hydrogens (tertiary/aromatic N) is 2. The molecule has 0 fully saturated rings. The predicted octanol–water partition coefficient (Wildman–Crippen LogP) is 3.22. The third-order valence-corrected chi connectivity index (χ3v) is 5.18. The molecule has 0 aliphatic heterocycles. The fourth-order valence-corrected chi connectivity index (χ4v) is 3.03. The normalized spacial score (nSPS) is 12.4. The molecular formula is C26H46N4O4. The summed E-state index contributed by atoms with van der Waals surface area (Å²) in [6.45, 7) is 15.3. The first-order valence-electron chi connectivity index (χ1n) is 12.0. The maximum Gasteiger partial charge on any atom is 0.225 e. The van der Waals surface area contributed by atoms with Gasteiger partial charge in [-0.25, -0.2) is 0 Å². The van der Waals surface area contributed by atoms with Crippen molar-refractivity contribution >= 4 is 17.7 Å². The SMILES string of the molecule is C=C/C(OC)=C(\C=C(/C)CCC(=O)N(C)CCN(C)C(=O)CC(C)C)NC(=O)CCNC(C)C. The first-order chi connectivity index (χ1) is 15.9. The van der Waals surface area contributed by atoms with E-state index in [1.807, 2.05) is 40.7 Å². The summed E-state index contributed by atoms with van der Waals surface area (Å²) in [6, 6.07) is 0.309. The first-order valence-corrected chi connectivity index (χ1v) is 12.0. The van der Waals surface area contributed by atoms with Crippen LogP contribution in [0.15, 0.2) is 35.8 Å². The van der Waals surface area contributed by atoms with Gasteiger partial charge in [0.1, 0.15) is 5.76 Å². The van der Waals surface area contributed by atoms with Crippen molar-refractivity contribution in [2.45, 2.75) is 66.3 Å². The third-order valence-electron chi connectivity index (χ3n) is 5.18. The largest absolute Gasteiger partial charge is 0.495 e. The average Bonchev–Trinajstić information content (AvgIpc) is 2.75. The number of methoxy groups -OCH3 is 1. The van der Waals surface area contributed by atoms with E-state index < -0.39 is 0 Å². The van der Waals surface area contributed by atoms with Gasteiger partial charge in [-0.1, -0.05) is 39.8 Å². The molecule has 0 spiro atoms. The molecule has 3 amide bonds. The molecule has 8 heteroatoms. The van der Waals surface area contributed by atoms with Crippen molar-refractivity contribution in [1.29, 1.82) is 0 Å². The Hall–Kier alpha value is -2.61. The van der Waals surface area contributed by atoms with Crippen LogP contribution >= 0.6 is 0 Å². The second-order valence-corrected chi connectivity index (χ2v) is 9.31. The minimum Gasteiger partial charge on any atom is -0.495 e. The molecule has 0 aromatic carbocycles. The minimum atomic E-state index is -0.129. The van der Waals surface area contributed by atoms with E-state index in [1.165, 1.54) is 7.11 Å². The Bertz CT molecular complexity index is 741. The van der Waals surface area contributed by atoms with Gasteiger partial charge in [0.2, 0.25) is 17.7 Å². The van der Waals surface area contributed by atoms with E-state index in [4.69, 9.17) is 4.74 Å². The summed E-state index contributed by atoms with van der Waals surface area (Å²) in [7, 11) is 5.04. The second kappa shape index (κ2) is 16.9. The smallest absolute Gasteiger partial charge is 0.225 e. The highest BCUT2D eigenvalue weighted by Crippen LogP contribution is 2.13. The van der Waals surface area contributed by atoms with Crippen LogP contribution in [0.1, 0.15) is 60.3 Å². The zero-order valence-electron chi connectivity index (χ0n) is 22.5. The summed E-state index contributed by atoms with van der Waals surface area (Å²) in [6.07, 6.45) is 5.07. The lowest BCUT2D eigenvalue weighted by atomic mass is 10.1. The Morgan fingerprint density at radius 1 is 0.971 bits per heavy atom. The Morgan fingerprint density at radius 2 is 1.56 bits per heavy atom. The third kappa shape index (κ3) is 13.8. The van der Waals surface area contributed by atoms with Gasteiger partial charge in [0.25, 0.3) is 0 Å². The number of hydrogen-bond donors (Lipinski definition) is 2. The standard InChI is InChI=1S/C26H46N4O4/c1-10-23(34-9)22(28-24(31)13-14-27-20(4)5)18-21(6)11-12-25(32)29(7)15-16-30(8)26(33)17-19(2)3/h10,18-20,27H,1,11-17H2,2-9H3,(H,28,31)/b21-18+,23-22-. The van der Waals surface area contributed by atoms with Crippen LogP contribution < -0.4 is 10.6 Å². The van der Waals surface area contributed by atoms with Crippen LogP contribution in [0.25, 0.3) is 0 Å². The van der Waals surface area contributed by atoms with Crippen molar-refractivity contribution in [2.75, 3.05) is 40.8 Å². The number of amides is 3. The fraction of sp³-hybridized carbons (Fsp3) is 0.654. The minimum absolute atomic E-state index is 0.00229. The quantitative estimate of drug-likeness (QED) is 0.263. The molecule has 8 nitrogen and oxygen atoms in total. The van der Waals surface area contributed by atoms with Crippen LogP contribution in [-0.2, 0) is 19.1 Å². The molecule has 0 atom stereocenters. The molecule has 0 unspecified atom stereocenters. The van der Waals surface area contributed by atoms with Gasteiger partial charge in [-0.15, -0.1) is 0 Å². The van der Waals surface area contributed by atoms with Gasteiger partial charge in [0, 0.05) is 59.0 Å². The van der Waals surface area contributed by atoms with E-state index in [9.17, 15) is 14.4 Å². The maximum atomic E-state index is 12.6. The number of carbonyl (C=O) groups excluding carboxylic acids is 3. The lowest BCUT2D eigenvalue weighted by Gasteiger charge is -2.23. The number of nitrogens with one attached hydrogen (secondary N) is 2. The summed E-state index contributed by atoms with van der Waals surface area (Å²) < 4.78 is 5.35. The summed E-state index contributed by atoms with van der Waals surface area (Å²) in [4.78, 5) is 40.3. The number of hydrogen-bond acceptors (Lipinski definition) is 5. The zero-order valence-corrected chi connectivity index (χ0v) is 22.5. The van der Waals surface area contributed by atoms with E-state index in [2.05, 4.69) is 17.2 Å². The van der Waals surface area contributed by atoms with Crippen LogP contribution in [0.4, 0.5) is 0 Å². The zero-order chi connectivity index (χ0) is 26.3. The summed E-state index contributed by atoms with van der Waals surface area (Å²) in [5.74, 6) is 0.733. The molecule has 0 saturated carbocycles. The van der Waals surface area contributed by atoms with E-state index in [1.54, 1.807) is 30.0 Å². The molecule has 0 aromatic rings. The average molecular weight is 479 g/mol. The van der Waals surface area contributed by atoms with E-state index in [0.29, 0.717) is 68.7 Å².